The van der Waals surface area contributed by atoms with Crippen molar-refractivity contribution in [2.75, 3.05) is 0 Å². The van der Waals surface area contributed by atoms with Gasteiger partial charge in [0.25, 0.3) is 0 Å². The highest BCUT2D eigenvalue weighted by atomic mass is 19.1. The molecule has 1 N–H and O–H groups in total. The predicted octanol–water partition coefficient (Wildman–Crippen LogP) is 4.18. The molecule has 2 heteroatoms. The monoisotopic (exact) mass is 258 g/mol. The quantitative estimate of drug-likeness (QED) is 0.872. The Balaban J connectivity index is 2.31. The summed E-state index contributed by atoms with van der Waals surface area (Å²) in [4.78, 5) is 0. The Labute approximate surface area is 113 Å². The summed E-state index contributed by atoms with van der Waals surface area (Å²) < 4.78 is 13.8. The van der Waals surface area contributed by atoms with Crippen LogP contribution in [-0.2, 0) is 13.0 Å². The standard InChI is InChI=1S/C17H19FO/c1-12(2)9-13-3-6-15(7-4-13)16-10-14(11-19)5-8-17(16)18/h3-8,10,12,19H,9,11H2,1-2H3. The van der Waals surface area contributed by atoms with Crippen molar-refractivity contribution < 1.29 is 9.50 Å². The van der Waals surface area contributed by atoms with Gasteiger partial charge in [-0.1, -0.05) is 44.2 Å². The first-order valence-electron chi connectivity index (χ1n) is 6.58. The molecule has 1 nitrogen and oxygen atoms in total. The molecular weight excluding hydrogens is 239 g/mol. The molecule has 2 aromatic carbocycles. The SMILES string of the molecule is CC(C)Cc1ccc(-c2cc(CO)ccc2F)cc1. The van der Waals surface area contributed by atoms with Gasteiger partial charge in [-0.15, -0.1) is 0 Å². The molecule has 0 saturated carbocycles. The van der Waals surface area contributed by atoms with Gasteiger partial charge in [0.1, 0.15) is 5.82 Å². The van der Waals surface area contributed by atoms with Gasteiger partial charge in [0.05, 0.1) is 6.61 Å². The summed E-state index contributed by atoms with van der Waals surface area (Å²) in [5.41, 5.74) is 3.38. The Morgan fingerprint density at radius 2 is 1.63 bits per heavy atom. The van der Waals surface area contributed by atoms with Gasteiger partial charge < -0.3 is 5.11 Å². The van der Waals surface area contributed by atoms with E-state index in [1.807, 2.05) is 24.3 Å². The van der Waals surface area contributed by atoms with Gasteiger partial charge >= 0.3 is 0 Å². The van der Waals surface area contributed by atoms with E-state index in [2.05, 4.69) is 13.8 Å². The van der Waals surface area contributed by atoms with E-state index in [-0.39, 0.29) is 12.4 Å². The van der Waals surface area contributed by atoms with Crippen LogP contribution in [0, 0.1) is 11.7 Å². The Hall–Kier alpha value is -1.67. The molecule has 0 bridgehead atoms. The van der Waals surface area contributed by atoms with Crippen LogP contribution in [0.2, 0.25) is 0 Å². The molecule has 19 heavy (non-hydrogen) atoms. The minimum atomic E-state index is -0.256. The fraction of sp³-hybridized carbons (Fsp3) is 0.294. The lowest BCUT2D eigenvalue weighted by Crippen LogP contribution is -1.94. The van der Waals surface area contributed by atoms with Gasteiger partial charge in [0, 0.05) is 5.56 Å². The van der Waals surface area contributed by atoms with Crippen LogP contribution in [-0.4, -0.2) is 5.11 Å². The number of aliphatic hydroxyl groups excluding tert-OH is 1. The second-order valence-electron chi connectivity index (χ2n) is 5.27. The van der Waals surface area contributed by atoms with Gasteiger partial charge in [0.15, 0.2) is 0 Å². The van der Waals surface area contributed by atoms with Crippen molar-refractivity contribution >= 4 is 0 Å². The molecule has 0 spiro atoms. The van der Waals surface area contributed by atoms with Crippen molar-refractivity contribution in [2.24, 2.45) is 5.92 Å². The number of benzene rings is 2. The average molecular weight is 258 g/mol. The van der Waals surface area contributed by atoms with Crippen LogP contribution in [0.15, 0.2) is 42.5 Å². The van der Waals surface area contributed by atoms with Crippen molar-refractivity contribution in [3.63, 3.8) is 0 Å². The summed E-state index contributed by atoms with van der Waals surface area (Å²) in [5, 5.41) is 9.12. The molecule has 2 aromatic rings. The molecule has 0 heterocycles. The van der Waals surface area contributed by atoms with Gasteiger partial charge in [0.2, 0.25) is 0 Å². The maximum absolute atomic E-state index is 13.8. The third-order valence-electron chi connectivity index (χ3n) is 3.12. The predicted molar refractivity (Wildman–Crippen MR) is 76.3 cm³/mol. The van der Waals surface area contributed by atoms with E-state index in [1.165, 1.54) is 11.6 Å². The van der Waals surface area contributed by atoms with Crippen molar-refractivity contribution in [3.8, 4) is 11.1 Å². The van der Waals surface area contributed by atoms with Crippen LogP contribution >= 0.6 is 0 Å². The Morgan fingerprint density at radius 3 is 2.21 bits per heavy atom. The summed E-state index contributed by atoms with van der Waals surface area (Å²) in [6.45, 7) is 4.29. The number of aliphatic hydroxyl groups is 1. The Morgan fingerprint density at radius 1 is 1.00 bits per heavy atom. The van der Waals surface area contributed by atoms with Gasteiger partial charge in [-0.2, -0.15) is 0 Å². The van der Waals surface area contributed by atoms with Crippen molar-refractivity contribution in [3.05, 3.63) is 59.4 Å². The first-order chi connectivity index (χ1) is 9.10. The lowest BCUT2D eigenvalue weighted by molar-refractivity contribution is 0.282. The van der Waals surface area contributed by atoms with Gasteiger partial charge in [-0.25, -0.2) is 4.39 Å². The van der Waals surface area contributed by atoms with E-state index in [4.69, 9.17) is 5.11 Å². The molecule has 0 aliphatic carbocycles. The number of halogens is 1. The Bertz CT molecular complexity index is 544. The fourth-order valence-electron chi connectivity index (χ4n) is 2.18. The van der Waals surface area contributed by atoms with Crippen molar-refractivity contribution in [2.45, 2.75) is 26.9 Å². The molecule has 0 atom stereocenters. The van der Waals surface area contributed by atoms with Gasteiger partial charge in [-0.05, 0) is 41.2 Å². The number of hydrogen-bond donors (Lipinski definition) is 1. The van der Waals surface area contributed by atoms with Crippen LogP contribution < -0.4 is 0 Å². The molecule has 0 radical (unpaired) electrons. The van der Waals surface area contributed by atoms with E-state index in [0.717, 1.165) is 17.5 Å². The topological polar surface area (TPSA) is 20.2 Å². The van der Waals surface area contributed by atoms with Crippen LogP contribution in [0.4, 0.5) is 4.39 Å². The maximum Gasteiger partial charge on any atom is 0.131 e. The van der Waals surface area contributed by atoms with E-state index in [1.54, 1.807) is 12.1 Å². The molecular formula is C17H19FO. The molecule has 2 rings (SSSR count). The molecule has 0 amide bonds. The zero-order chi connectivity index (χ0) is 13.8. The number of hydrogen-bond acceptors (Lipinski definition) is 1. The largest absolute Gasteiger partial charge is 0.392 e. The zero-order valence-electron chi connectivity index (χ0n) is 11.4. The molecule has 0 fully saturated rings. The second kappa shape index (κ2) is 5.98. The highest BCUT2D eigenvalue weighted by Gasteiger charge is 2.06. The molecule has 0 aliphatic heterocycles. The molecule has 0 unspecified atom stereocenters. The fourth-order valence-corrected chi connectivity index (χ4v) is 2.18. The highest BCUT2D eigenvalue weighted by Crippen LogP contribution is 2.25. The number of rotatable bonds is 4. The summed E-state index contributed by atoms with van der Waals surface area (Å²) in [7, 11) is 0. The molecule has 0 saturated heterocycles. The van der Waals surface area contributed by atoms with Crippen LogP contribution in [0.1, 0.15) is 25.0 Å². The third-order valence-corrected chi connectivity index (χ3v) is 3.12. The minimum absolute atomic E-state index is 0.0707. The van der Waals surface area contributed by atoms with Crippen LogP contribution in [0.5, 0.6) is 0 Å². The van der Waals surface area contributed by atoms with E-state index >= 15 is 0 Å². The van der Waals surface area contributed by atoms with Crippen molar-refractivity contribution in [1.82, 2.24) is 0 Å². The van der Waals surface area contributed by atoms with Crippen molar-refractivity contribution in [1.29, 1.82) is 0 Å². The minimum Gasteiger partial charge on any atom is -0.392 e. The third kappa shape index (κ3) is 3.42. The average Bonchev–Trinajstić information content (AvgIpc) is 2.40. The first kappa shape index (κ1) is 13.8. The Kier molecular flexibility index (Phi) is 4.33. The molecule has 0 aromatic heterocycles. The summed E-state index contributed by atoms with van der Waals surface area (Å²) in [5.74, 6) is 0.356. The smallest absolute Gasteiger partial charge is 0.131 e. The summed E-state index contributed by atoms with van der Waals surface area (Å²) in [6, 6.07) is 12.7. The van der Waals surface area contributed by atoms with E-state index in [9.17, 15) is 4.39 Å². The lowest BCUT2D eigenvalue weighted by Gasteiger charge is -2.08. The van der Waals surface area contributed by atoms with Crippen LogP contribution in [0.25, 0.3) is 11.1 Å². The first-order valence-corrected chi connectivity index (χ1v) is 6.58. The summed E-state index contributed by atoms with van der Waals surface area (Å²) >= 11 is 0. The van der Waals surface area contributed by atoms with E-state index in [0.29, 0.717) is 11.5 Å². The molecule has 0 aliphatic rings. The second-order valence-corrected chi connectivity index (χ2v) is 5.27. The van der Waals surface area contributed by atoms with E-state index < -0.39 is 0 Å². The van der Waals surface area contributed by atoms with Gasteiger partial charge in [-0.3, -0.25) is 0 Å². The molecule has 100 valence electrons. The maximum atomic E-state index is 13.8. The zero-order valence-corrected chi connectivity index (χ0v) is 11.4. The summed E-state index contributed by atoms with van der Waals surface area (Å²) in [6.07, 6.45) is 1.03. The highest BCUT2D eigenvalue weighted by molar-refractivity contribution is 5.65. The van der Waals surface area contributed by atoms with Crippen LogP contribution in [0.3, 0.4) is 0 Å². The normalized spacial score (nSPS) is 11.0. The lowest BCUT2D eigenvalue weighted by atomic mass is 9.98.